The van der Waals surface area contributed by atoms with E-state index in [2.05, 4.69) is 5.32 Å². The van der Waals surface area contributed by atoms with Crippen LogP contribution in [0.3, 0.4) is 0 Å². The Morgan fingerprint density at radius 3 is 2.33 bits per heavy atom. The van der Waals surface area contributed by atoms with Gasteiger partial charge < -0.3 is 5.32 Å². The van der Waals surface area contributed by atoms with Crippen LogP contribution in [0.2, 0.25) is 0 Å². The number of fused-ring (bicyclic) bond motifs is 1. The van der Waals surface area contributed by atoms with Gasteiger partial charge in [-0.15, -0.1) is 0 Å². The molecule has 2 fully saturated rings. The normalized spacial score (nSPS) is 23.2. The predicted molar refractivity (Wildman–Crippen MR) is 99.7 cm³/mol. The summed E-state index contributed by atoms with van der Waals surface area (Å²) < 4.78 is 27.3. The number of urea groups is 1. The number of carbonyl (C=O) groups is 2. The number of imide groups is 1. The maximum absolute atomic E-state index is 13.2. The average molecular weight is 385 g/mol. The van der Waals surface area contributed by atoms with Gasteiger partial charge in [0.15, 0.2) is 0 Å². The van der Waals surface area contributed by atoms with Crippen molar-refractivity contribution in [3.8, 4) is 0 Å². The highest BCUT2D eigenvalue weighted by Crippen LogP contribution is 2.31. The minimum atomic E-state index is -3.84. The predicted octanol–water partition coefficient (Wildman–Crippen LogP) is 1.88. The largest absolute Gasteiger partial charge is 0.332 e. The maximum Gasteiger partial charge on any atom is 0.329 e. The van der Waals surface area contributed by atoms with Gasteiger partial charge in [-0.25, -0.2) is 18.1 Å². The molecule has 2 aliphatic rings. The molecule has 8 heteroatoms. The van der Waals surface area contributed by atoms with Crippen LogP contribution in [0.25, 0.3) is 0 Å². The molecule has 0 saturated carbocycles. The van der Waals surface area contributed by atoms with Crippen LogP contribution in [-0.4, -0.2) is 43.3 Å². The van der Waals surface area contributed by atoms with Crippen molar-refractivity contribution in [1.29, 1.82) is 0 Å². The Kier molecular flexibility index (Phi) is 4.24. The van der Waals surface area contributed by atoms with Crippen LogP contribution in [-0.2, 0) is 14.8 Å². The van der Waals surface area contributed by atoms with Crippen molar-refractivity contribution in [2.24, 2.45) is 0 Å². The molecular formula is C19H19N3O4S. The third kappa shape index (κ3) is 2.90. The van der Waals surface area contributed by atoms with Crippen molar-refractivity contribution < 1.29 is 18.0 Å². The molecule has 2 saturated heterocycles. The fourth-order valence-electron chi connectivity index (χ4n) is 3.60. The van der Waals surface area contributed by atoms with Gasteiger partial charge in [0, 0.05) is 6.54 Å². The van der Waals surface area contributed by atoms with Gasteiger partial charge in [-0.2, -0.15) is 4.31 Å². The zero-order valence-corrected chi connectivity index (χ0v) is 15.5. The molecule has 0 aliphatic carbocycles. The lowest BCUT2D eigenvalue weighted by Gasteiger charge is -2.36. The van der Waals surface area contributed by atoms with E-state index >= 15 is 0 Å². The number of amides is 3. The van der Waals surface area contributed by atoms with E-state index in [4.69, 9.17) is 0 Å². The standard InChI is InChI=1S/C19H19N3O4S/c1-13-7-9-14(10-8-13)22-18(23)17-16(20-19(22)24)11-12-21(17)27(25,26)15-5-3-2-4-6-15/h2-10,16-17H,11-12H2,1H3,(H,20,24). The molecule has 2 aliphatic heterocycles. The van der Waals surface area contributed by atoms with Crippen LogP contribution < -0.4 is 10.2 Å². The van der Waals surface area contributed by atoms with Crippen molar-refractivity contribution in [1.82, 2.24) is 9.62 Å². The summed E-state index contributed by atoms with van der Waals surface area (Å²) in [6.07, 6.45) is 0.399. The summed E-state index contributed by atoms with van der Waals surface area (Å²) in [6, 6.07) is 13.0. The Morgan fingerprint density at radius 2 is 1.67 bits per heavy atom. The third-order valence-corrected chi connectivity index (χ3v) is 6.87. The van der Waals surface area contributed by atoms with Gasteiger partial charge in [0.2, 0.25) is 10.0 Å². The average Bonchev–Trinajstić information content (AvgIpc) is 3.09. The van der Waals surface area contributed by atoms with Gasteiger partial charge in [0.05, 0.1) is 16.6 Å². The molecule has 4 rings (SSSR count). The smallest absolute Gasteiger partial charge is 0.329 e. The lowest BCUT2D eigenvalue weighted by Crippen LogP contribution is -2.64. The summed E-state index contributed by atoms with van der Waals surface area (Å²) in [6.45, 7) is 2.09. The third-order valence-electron chi connectivity index (χ3n) is 4.98. The molecule has 2 aromatic carbocycles. The number of aryl methyl sites for hydroxylation is 1. The number of nitrogens with one attached hydrogen (secondary N) is 1. The van der Waals surface area contributed by atoms with E-state index in [0.717, 1.165) is 10.5 Å². The molecular weight excluding hydrogens is 366 g/mol. The fourth-order valence-corrected chi connectivity index (χ4v) is 5.26. The Balaban J connectivity index is 1.71. The van der Waals surface area contributed by atoms with E-state index < -0.39 is 34.0 Å². The zero-order valence-electron chi connectivity index (χ0n) is 14.7. The van der Waals surface area contributed by atoms with Crippen LogP contribution in [0.4, 0.5) is 10.5 Å². The van der Waals surface area contributed by atoms with E-state index in [9.17, 15) is 18.0 Å². The Labute approximate surface area is 157 Å². The van der Waals surface area contributed by atoms with E-state index in [1.807, 2.05) is 6.92 Å². The van der Waals surface area contributed by atoms with Crippen LogP contribution in [0, 0.1) is 6.92 Å². The first-order chi connectivity index (χ1) is 12.9. The first-order valence-corrected chi connectivity index (χ1v) is 10.1. The molecule has 0 bridgehead atoms. The SMILES string of the molecule is Cc1ccc(N2C(=O)NC3CCN(S(=O)(=O)c4ccccc4)C3C2=O)cc1. The van der Waals surface area contributed by atoms with Gasteiger partial charge in [0.25, 0.3) is 5.91 Å². The van der Waals surface area contributed by atoms with Gasteiger partial charge in [-0.3, -0.25) is 4.79 Å². The number of nitrogens with zero attached hydrogens (tertiary/aromatic N) is 2. The van der Waals surface area contributed by atoms with Crippen molar-refractivity contribution in [3.05, 3.63) is 60.2 Å². The van der Waals surface area contributed by atoms with E-state index in [1.54, 1.807) is 42.5 Å². The highest BCUT2D eigenvalue weighted by atomic mass is 32.2. The molecule has 2 unspecified atom stereocenters. The van der Waals surface area contributed by atoms with Crippen LogP contribution in [0.1, 0.15) is 12.0 Å². The quantitative estimate of drug-likeness (QED) is 0.874. The highest BCUT2D eigenvalue weighted by molar-refractivity contribution is 7.89. The lowest BCUT2D eigenvalue weighted by molar-refractivity contribution is -0.122. The first-order valence-electron chi connectivity index (χ1n) is 8.67. The number of hydrogen-bond acceptors (Lipinski definition) is 4. The second-order valence-corrected chi connectivity index (χ2v) is 8.62. The van der Waals surface area contributed by atoms with Crippen molar-refractivity contribution >= 4 is 27.6 Å². The highest BCUT2D eigenvalue weighted by Gasteiger charge is 2.52. The number of sulfonamides is 1. The Hall–Kier alpha value is -2.71. The molecule has 0 spiro atoms. The second-order valence-electron chi connectivity index (χ2n) is 6.73. The number of carbonyl (C=O) groups excluding carboxylic acids is 2. The fraction of sp³-hybridized carbons (Fsp3) is 0.263. The molecule has 140 valence electrons. The minimum Gasteiger partial charge on any atom is -0.332 e. The Bertz CT molecular complexity index is 989. The number of anilines is 1. The summed E-state index contributed by atoms with van der Waals surface area (Å²) in [4.78, 5) is 26.8. The van der Waals surface area contributed by atoms with Crippen molar-refractivity contribution in [2.75, 3.05) is 11.4 Å². The number of benzene rings is 2. The van der Waals surface area contributed by atoms with E-state index in [0.29, 0.717) is 12.1 Å². The van der Waals surface area contributed by atoms with E-state index in [-0.39, 0.29) is 11.4 Å². The maximum atomic E-state index is 13.2. The summed E-state index contributed by atoms with van der Waals surface area (Å²) >= 11 is 0. The minimum absolute atomic E-state index is 0.136. The topological polar surface area (TPSA) is 86.8 Å². The summed E-state index contributed by atoms with van der Waals surface area (Å²) in [5.74, 6) is -0.524. The molecule has 2 atom stereocenters. The zero-order chi connectivity index (χ0) is 19.2. The number of hydrogen-bond donors (Lipinski definition) is 1. The van der Waals surface area contributed by atoms with Crippen LogP contribution >= 0.6 is 0 Å². The molecule has 0 radical (unpaired) electrons. The molecule has 3 amide bonds. The van der Waals surface area contributed by atoms with Crippen LogP contribution in [0.5, 0.6) is 0 Å². The van der Waals surface area contributed by atoms with E-state index in [1.165, 1.54) is 16.4 Å². The first kappa shape index (κ1) is 17.7. The van der Waals surface area contributed by atoms with Crippen molar-refractivity contribution in [2.45, 2.75) is 30.3 Å². The lowest BCUT2D eigenvalue weighted by atomic mass is 10.1. The second kappa shape index (κ2) is 6.47. The summed E-state index contributed by atoms with van der Waals surface area (Å²) in [5, 5.41) is 2.79. The molecule has 27 heavy (non-hydrogen) atoms. The summed E-state index contributed by atoms with van der Waals surface area (Å²) in [5.41, 5.74) is 1.42. The van der Waals surface area contributed by atoms with Gasteiger partial charge in [0.1, 0.15) is 6.04 Å². The van der Waals surface area contributed by atoms with Crippen molar-refractivity contribution in [3.63, 3.8) is 0 Å². The van der Waals surface area contributed by atoms with Gasteiger partial charge >= 0.3 is 6.03 Å². The Morgan fingerprint density at radius 1 is 1.00 bits per heavy atom. The number of rotatable bonds is 3. The molecule has 0 aromatic heterocycles. The molecule has 7 nitrogen and oxygen atoms in total. The molecule has 2 heterocycles. The summed E-state index contributed by atoms with van der Waals surface area (Å²) in [7, 11) is -3.84. The molecule has 1 N–H and O–H groups in total. The van der Waals surface area contributed by atoms with Crippen LogP contribution in [0.15, 0.2) is 59.5 Å². The molecule has 2 aromatic rings. The van der Waals surface area contributed by atoms with Gasteiger partial charge in [-0.05, 0) is 37.6 Å². The monoisotopic (exact) mass is 385 g/mol. The van der Waals surface area contributed by atoms with Gasteiger partial charge in [-0.1, -0.05) is 35.9 Å².